The zero-order valence-corrected chi connectivity index (χ0v) is 13.8. The maximum Gasteiger partial charge on any atom is 0.237 e. The van der Waals surface area contributed by atoms with Crippen molar-refractivity contribution in [1.29, 1.82) is 0 Å². The van der Waals surface area contributed by atoms with E-state index in [9.17, 15) is 4.79 Å². The van der Waals surface area contributed by atoms with Crippen molar-refractivity contribution in [2.24, 2.45) is 5.73 Å². The lowest BCUT2D eigenvalue weighted by molar-refractivity contribution is -0.124. The van der Waals surface area contributed by atoms with E-state index >= 15 is 0 Å². The number of primary amides is 1. The number of carbonyl (C=O) groups excluding carboxylic acids is 1. The molecular formula is C17H29N3O. The zero-order valence-electron chi connectivity index (χ0n) is 13.8. The Balaban J connectivity index is 2.77. The minimum Gasteiger partial charge on any atom is -0.372 e. The summed E-state index contributed by atoms with van der Waals surface area (Å²) in [5, 5.41) is 3.29. The van der Waals surface area contributed by atoms with Gasteiger partial charge in [0.2, 0.25) is 5.91 Å². The lowest BCUT2D eigenvalue weighted by Crippen LogP contribution is -2.54. The molecule has 1 atom stereocenters. The fourth-order valence-corrected chi connectivity index (χ4v) is 2.43. The second-order valence-electron chi connectivity index (χ2n) is 5.74. The summed E-state index contributed by atoms with van der Waals surface area (Å²) in [6.07, 6.45) is 1.68. The van der Waals surface area contributed by atoms with Gasteiger partial charge >= 0.3 is 0 Å². The quantitative estimate of drug-likeness (QED) is 0.735. The Hall–Kier alpha value is -1.55. The molecule has 0 aliphatic rings. The van der Waals surface area contributed by atoms with Crippen molar-refractivity contribution in [1.82, 2.24) is 5.32 Å². The molecule has 0 fully saturated rings. The lowest BCUT2D eigenvalue weighted by atomic mass is 9.96. The molecule has 3 N–H and O–H groups in total. The molecule has 4 heteroatoms. The molecule has 4 nitrogen and oxygen atoms in total. The third-order valence-electron chi connectivity index (χ3n) is 4.03. The van der Waals surface area contributed by atoms with Gasteiger partial charge in [0.15, 0.2) is 0 Å². The summed E-state index contributed by atoms with van der Waals surface area (Å²) in [7, 11) is 0. The van der Waals surface area contributed by atoms with Crippen molar-refractivity contribution in [3.63, 3.8) is 0 Å². The summed E-state index contributed by atoms with van der Waals surface area (Å²) in [6.45, 7) is 10.7. The summed E-state index contributed by atoms with van der Waals surface area (Å²) in [5.74, 6) is -0.281. The molecule has 1 unspecified atom stereocenters. The number of nitrogens with zero attached hydrogens (tertiary/aromatic N) is 1. The highest BCUT2D eigenvalue weighted by atomic mass is 16.1. The van der Waals surface area contributed by atoms with Crippen LogP contribution in [0.15, 0.2) is 24.3 Å². The normalized spacial score (nSPS) is 13.7. The Morgan fingerprint density at radius 3 is 2.52 bits per heavy atom. The van der Waals surface area contributed by atoms with Gasteiger partial charge in [0, 0.05) is 18.8 Å². The van der Waals surface area contributed by atoms with Gasteiger partial charge in [0.05, 0.1) is 5.54 Å². The van der Waals surface area contributed by atoms with Crippen LogP contribution in [0.5, 0.6) is 0 Å². The SMILES string of the molecule is CCCNC(C)(CCN(CC)c1ccccc1C)C(N)=O. The van der Waals surface area contributed by atoms with Gasteiger partial charge in [0.1, 0.15) is 0 Å². The van der Waals surface area contributed by atoms with Crippen LogP contribution in [0.1, 0.15) is 39.2 Å². The van der Waals surface area contributed by atoms with Gasteiger partial charge in [-0.05, 0) is 51.8 Å². The van der Waals surface area contributed by atoms with Crippen LogP contribution < -0.4 is 16.0 Å². The Kier molecular flexibility index (Phi) is 6.69. The van der Waals surface area contributed by atoms with Gasteiger partial charge < -0.3 is 16.0 Å². The summed E-state index contributed by atoms with van der Waals surface area (Å²) in [4.78, 5) is 14.1. The highest BCUT2D eigenvalue weighted by molar-refractivity contribution is 5.84. The first-order valence-electron chi connectivity index (χ1n) is 7.80. The summed E-state index contributed by atoms with van der Waals surface area (Å²) < 4.78 is 0. The van der Waals surface area contributed by atoms with E-state index in [-0.39, 0.29) is 5.91 Å². The predicted molar refractivity (Wildman–Crippen MR) is 89.6 cm³/mol. The Morgan fingerprint density at radius 1 is 1.33 bits per heavy atom. The van der Waals surface area contributed by atoms with Crippen molar-refractivity contribution in [3.05, 3.63) is 29.8 Å². The monoisotopic (exact) mass is 291 g/mol. The largest absolute Gasteiger partial charge is 0.372 e. The van der Waals surface area contributed by atoms with Gasteiger partial charge in [-0.25, -0.2) is 0 Å². The van der Waals surface area contributed by atoms with E-state index in [1.54, 1.807) is 0 Å². The van der Waals surface area contributed by atoms with Crippen LogP contribution >= 0.6 is 0 Å². The number of hydrogen-bond donors (Lipinski definition) is 2. The average molecular weight is 291 g/mol. The summed E-state index contributed by atoms with van der Waals surface area (Å²) >= 11 is 0. The van der Waals surface area contributed by atoms with Crippen LogP contribution in [-0.4, -0.2) is 31.1 Å². The van der Waals surface area contributed by atoms with E-state index in [1.807, 2.05) is 19.1 Å². The minimum atomic E-state index is -0.647. The standard InChI is InChI=1S/C17H29N3O/c1-5-12-19-17(4,16(18)21)11-13-20(6-2)15-10-8-7-9-14(15)3/h7-10,19H,5-6,11-13H2,1-4H3,(H2,18,21). The number of para-hydroxylation sites is 1. The molecule has 0 bridgehead atoms. The first-order chi connectivity index (χ1) is 9.94. The molecule has 0 saturated heterocycles. The molecule has 1 rings (SSSR count). The number of anilines is 1. The second-order valence-corrected chi connectivity index (χ2v) is 5.74. The molecule has 0 radical (unpaired) electrons. The van der Waals surface area contributed by atoms with E-state index in [4.69, 9.17) is 5.73 Å². The Morgan fingerprint density at radius 2 is 2.00 bits per heavy atom. The number of aryl methyl sites for hydroxylation is 1. The fraction of sp³-hybridized carbons (Fsp3) is 0.588. The van der Waals surface area contributed by atoms with Crippen molar-refractivity contribution in [2.45, 2.75) is 46.1 Å². The predicted octanol–water partition coefficient (Wildman–Crippen LogP) is 2.46. The highest BCUT2D eigenvalue weighted by Gasteiger charge is 2.30. The van der Waals surface area contributed by atoms with Crippen LogP contribution in [0.2, 0.25) is 0 Å². The number of hydrogen-bond acceptors (Lipinski definition) is 3. The molecule has 21 heavy (non-hydrogen) atoms. The van der Waals surface area contributed by atoms with Crippen LogP contribution in [0.25, 0.3) is 0 Å². The van der Waals surface area contributed by atoms with Crippen LogP contribution in [0.4, 0.5) is 5.69 Å². The molecule has 118 valence electrons. The number of carbonyl (C=O) groups is 1. The van der Waals surface area contributed by atoms with Gasteiger partial charge in [-0.2, -0.15) is 0 Å². The summed E-state index contributed by atoms with van der Waals surface area (Å²) in [5.41, 5.74) is 7.42. The second kappa shape index (κ2) is 8.03. The third kappa shape index (κ3) is 4.74. The van der Waals surface area contributed by atoms with E-state index in [2.05, 4.69) is 43.1 Å². The van der Waals surface area contributed by atoms with Crippen molar-refractivity contribution in [3.8, 4) is 0 Å². The number of amides is 1. The number of nitrogens with two attached hydrogens (primary N) is 1. The van der Waals surface area contributed by atoms with Gasteiger partial charge in [0.25, 0.3) is 0 Å². The van der Waals surface area contributed by atoms with Crippen LogP contribution in [0.3, 0.4) is 0 Å². The van der Waals surface area contributed by atoms with Gasteiger partial charge in [-0.1, -0.05) is 25.1 Å². The van der Waals surface area contributed by atoms with Crippen molar-refractivity contribution in [2.75, 3.05) is 24.5 Å². The van der Waals surface area contributed by atoms with Gasteiger partial charge in [-0.15, -0.1) is 0 Å². The smallest absolute Gasteiger partial charge is 0.237 e. The molecule has 0 spiro atoms. The first kappa shape index (κ1) is 17.5. The molecule has 1 aromatic rings. The van der Waals surface area contributed by atoms with E-state index in [0.717, 1.165) is 26.1 Å². The topological polar surface area (TPSA) is 58.4 Å². The lowest BCUT2D eigenvalue weighted by Gasteiger charge is -2.32. The fourth-order valence-electron chi connectivity index (χ4n) is 2.43. The molecule has 0 aliphatic carbocycles. The molecule has 0 heterocycles. The average Bonchev–Trinajstić information content (AvgIpc) is 2.47. The minimum absolute atomic E-state index is 0.281. The summed E-state index contributed by atoms with van der Waals surface area (Å²) in [6, 6.07) is 8.33. The zero-order chi connectivity index (χ0) is 15.9. The maximum absolute atomic E-state index is 11.8. The highest BCUT2D eigenvalue weighted by Crippen LogP contribution is 2.21. The molecule has 1 aromatic carbocycles. The van der Waals surface area contributed by atoms with Crippen molar-refractivity contribution < 1.29 is 4.79 Å². The van der Waals surface area contributed by atoms with Crippen LogP contribution in [-0.2, 0) is 4.79 Å². The Bertz CT molecular complexity index is 461. The Labute approximate surface area is 128 Å². The number of rotatable bonds is 9. The number of benzene rings is 1. The molecule has 0 aromatic heterocycles. The van der Waals surface area contributed by atoms with Crippen LogP contribution in [0, 0.1) is 6.92 Å². The number of nitrogens with one attached hydrogen (secondary N) is 1. The molecule has 0 saturated carbocycles. The first-order valence-corrected chi connectivity index (χ1v) is 7.80. The maximum atomic E-state index is 11.8. The van der Waals surface area contributed by atoms with E-state index < -0.39 is 5.54 Å². The third-order valence-corrected chi connectivity index (χ3v) is 4.03. The molecular weight excluding hydrogens is 262 g/mol. The van der Waals surface area contributed by atoms with E-state index in [1.165, 1.54) is 11.3 Å². The van der Waals surface area contributed by atoms with Gasteiger partial charge in [-0.3, -0.25) is 4.79 Å². The van der Waals surface area contributed by atoms with E-state index in [0.29, 0.717) is 6.42 Å². The van der Waals surface area contributed by atoms with Crippen molar-refractivity contribution >= 4 is 11.6 Å². The molecule has 1 amide bonds. The molecule has 0 aliphatic heterocycles.